The van der Waals surface area contributed by atoms with Crippen LogP contribution in [0, 0.1) is 32.5 Å². The zero-order valence-corrected chi connectivity index (χ0v) is 19.4. The summed E-state index contributed by atoms with van der Waals surface area (Å²) < 4.78 is 15.3. The first-order chi connectivity index (χ1) is 15.5. The fourth-order valence-corrected chi connectivity index (χ4v) is 6.57. The van der Waals surface area contributed by atoms with Crippen LogP contribution >= 0.6 is 0 Å². The molecule has 8 heteroatoms. The average Bonchev–Trinajstić information content (AvgIpc) is 3.24. The van der Waals surface area contributed by atoms with Gasteiger partial charge in [-0.15, -0.1) is 0 Å². The number of piperidine rings is 2. The molecule has 4 fully saturated rings. The lowest BCUT2D eigenvalue weighted by Crippen LogP contribution is -2.53. The highest BCUT2D eigenvalue weighted by Gasteiger charge is 2.61. The van der Waals surface area contributed by atoms with Gasteiger partial charge in [-0.1, -0.05) is 0 Å². The van der Waals surface area contributed by atoms with Gasteiger partial charge in [0.05, 0.1) is 16.9 Å². The summed E-state index contributed by atoms with van der Waals surface area (Å²) in [6.45, 7) is 5.13. The fraction of sp³-hybridized carbons (Fsp3) is 0.520. The maximum atomic E-state index is 13.6. The molecule has 4 aliphatic rings. The minimum absolute atomic E-state index is 0.0409. The quantitative estimate of drug-likeness (QED) is 0.661. The van der Waals surface area contributed by atoms with Crippen molar-refractivity contribution in [2.75, 3.05) is 5.32 Å². The molecule has 7 nitrogen and oxygen atoms in total. The monoisotopic (exact) mass is 455 g/mol. The molecule has 6 rings (SSSR count). The third kappa shape index (κ3) is 3.22. The molecule has 5 atom stereocenters. The number of carbonyl (C=O) groups is 2. The van der Waals surface area contributed by atoms with E-state index in [1.807, 2.05) is 0 Å². The molecule has 2 aliphatic carbocycles. The molecule has 1 unspecified atom stereocenters. The van der Waals surface area contributed by atoms with E-state index in [9.17, 15) is 24.2 Å². The van der Waals surface area contributed by atoms with Crippen LogP contribution in [0.5, 0.6) is 0 Å². The Morgan fingerprint density at radius 3 is 2.39 bits per heavy atom. The molecule has 1 aromatic carbocycles. The number of aryl methyl sites for hydroxylation is 1. The van der Waals surface area contributed by atoms with Gasteiger partial charge in [0.15, 0.2) is 6.10 Å². The summed E-state index contributed by atoms with van der Waals surface area (Å²) in [5.74, 6) is -0.839. The number of aliphatic hydroxyl groups is 2. The third-order valence-electron chi connectivity index (χ3n) is 8.21. The van der Waals surface area contributed by atoms with Crippen molar-refractivity contribution in [3.8, 4) is 0 Å². The van der Waals surface area contributed by atoms with Gasteiger partial charge >= 0.3 is 0 Å². The lowest BCUT2D eigenvalue weighted by molar-refractivity contribution is -0.149. The van der Waals surface area contributed by atoms with Crippen molar-refractivity contribution in [1.82, 2.24) is 9.47 Å². The highest BCUT2D eigenvalue weighted by atomic mass is 19.1. The third-order valence-corrected chi connectivity index (χ3v) is 8.21. The van der Waals surface area contributed by atoms with Crippen molar-refractivity contribution >= 4 is 17.5 Å². The molecule has 3 N–H and O–H groups in total. The number of rotatable bonds is 4. The topological polar surface area (TPSA) is 94.8 Å². The number of anilines is 1. The Bertz CT molecular complexity index is 1160. The van der Waals surface area contributed by atoms with E-state index in [0.717, 1.165) is 12.8 Å². The van der Waals surface area contributed by atoms with Gasteiger partial charge in [0.1, 0.15) is 5.82 Å². The van der Waals surface area contributed by atoms with Crippen LogP contribution in [0.3, 0.4) is 0 Å². The number of halogens is 1. The smallest absolute Gasteiger partial charge is 0.258 e. The number of hydrogen-bond acceptors (Lipinski definition) is 4. The Kier molecular flexibility index (Phi) is 4.95. The predicted octanol–water partition coefficient (Wildman–Crippen LogP) is 2.89. The van der Waals surface area contributed by atoms with Gasteiger partial charge in [-0.05, 0) is 81.7 Å². The van der Waals surface area contributed by atoms with Gasteiger partial charge in [0, 0.05) is 30.5 Å². The highest BCUT2D eigenvalue weighted by Crippen LogP contribution is 2.56. The van der Waals surface area contributed by atoms with E-state index in [2.05, 4.69) is 5.32 Å². The Labute approximate surface area is 192 Å². The summed E-state index contributed by atoms with van der Waals surface area (Å²) in [5, 5.41) is 24.7. The SMILES string of the molecule is Cc1cc(NC(=O)c2c(C)c(C(O)C(=O)N3[C@@H]4C[C@H]5C[C@H]3C[C@@]5(O)C4)n(C)c2C)ccc1F. The highest BCUT2D eigenvalue weighted by molar-refractivity contribution is 6.06. The maximum absolute atomic E-state index is 13.6. The van der Waals surface area contributed by atoms with Crippen molar-refractivity contribution in [3.63, 3.8) is 0 Å². The van der Waals surface area contributed by atoms with Crippen molar-refractivity contribution < 1.29 is 24.2 Å². The lowest BCUT2D eigenvalue weighted by atomic mass is 9.93. The molecule has 4 bridgehead atoms. The summed E-state index contributed by atoms with van der Waals surface area (Å²) in [5.41, 5.74) is 2.20. The molecule has 2 saturated carbocycles. The number of aliphatic hydroxyl groups excluding tert-OH is 1. The van der Waals surface area contributed by atoms with Crippen LogP contribution in [-0.4, -0.2) is 49.2 Å². The summed E-state index contributed by atoms with van der Waals surface area (Å²) in [6, 6.07) is 4.28. The molecule has 2 aromatic rings. The number of hydrogen-bond donors (Lipinski definition) is 3. The Morgan fingerprint density at radius 1 is 1.18 bits per heavy atom. The summed E-state index contributed by atoms with van der Waals surface area (Å²) in [7, 11) is 1.73. The van der Waals surface area contributed by atoms with Crippen LogP contribution in [0.25, 0.3) is 0 Å². The molecule has 0 radical (unpaired) electrons. The van der Waals surface area contributed by atoms with E-state index in [1.54, 1.807) is 43.4 Å². The van der Waals surface area contributed by atoms with Crippen molar-refractivity contribution in [2.45, 2.75) is 70.2 Å². The summed E-state index contributed by atoms with van der Waals surface area (Å²) in [6.07, 6.45) is 1.31. The maximum Gasteiger partial charge on any atom is 0.258 e. The fourth-order valence-electron chi connectivity index (χ4n) is 6.57. The largest absolute Gasteiger partial charge is 0.389 e. The van der Waals surface area contributed by atoms with Crippen molar-refractivity contribution in [3.05, 3.63) is 52.1 Å². The average molecular weight is 456 g/mol. The van der Waals surface area contributed by atoms with E-state index >= 15 is 0 Å². The minimum atomic E-state index is -1.39. The second-order valence-electron chi connectivity index (χ2n) is 10.1. The summed E-state index contributed by atoms with van der Waals surface area (Å²) >= 11 is 0. The lowest BCUT2D eigenvalue weighted by Gasteiger charge is -2.42. The zero-order valence-electron chi connectivity index (χ0n) is 19.4. The number of nitrogens with zero attached hydrogens (tertiary/aromatic N) is 2. The first-order valence-electron chi connectivity index (χ1n) is 11.5. The number of amides is 2. The second kappa shape index (κ2) is 7.40. The van der Waals surface area contributed by atoms with E-state index in [-0.39, 0.29) is 35.6 Å². The van der Waals surface area contributed by atoms with Crippen LogP contribution in [0.15, 0.2) is 18.2 Å². The number of aromatic nitrogens is 1. The Balaban J connectivity index is 1.41. The molecule has 1 aromatic heterocycles. The molecule has 2 aliphatic heterocycles. The molecule has 0 spiro atoms. The molecular formula is C25H30FN3O4. The van der Waals surface area contributed by atoms with E-state index < -0.39 is 11.7 Å². The van der Waals surface area contributed by atoms with Gasteiger partial charge in [-0.3, -0.25) is 9.59 Å². The van der Waals surface area contributed by atoms with Crippen LogP contribution in [0.1, 0.15) is 64.7 Å². The molecule has 2 amide bonds. The predicted molar refractivity (Wildman–Crippen MR) is 120 cm³/mol. The van der Waals surface area contributed by atoms with Crippen molar-refractivity contribution in [2.24, 2.45) is 13.0 Å². The first-order valence-corrected chi connectivity index (χ1v) is 11.5. The first kappa shape index (κ1) is 22.1. The number of benzene rings is 1. The Hall–Kier alpha value is -2.71. The van der Waals surface area contributed by atoms with Gasteiger partial charge in [-0.25, -0.2) is 4.39 Å². The second-order valence-corrected chi connectivity index (χ2v) is 10.1. The molecule has 176 valence electrons. The van der Waals surface area contributed by atoms with E-state index in [4.69, 9.17) is 0 Å². The van der Waals surface area contributed by atoms with Gasteiger partial charge in [0.2, 0.25) is 0 Å². The van der Waals surface area contributed by atoms with Crippen LogP contribution < -0.4 is 5.32 Å². The molecular weight excluding hydrogens is 425 g/mol. The molecule has 2 saturated heterocycles. The minimum Gasteiger partial charge on any atom is -0.389 e. The summed E-state index contributed by atoms with van der Waals surface area (Å²) in [4.78, 5) is 28.3. The van der Waals surface area contributed by atoms with Gasteiger partial charge < -0.3 is 25.0 Å². The molecule has 33 heavy (non-hydrogen) atoms. The standard InChI is InChI=1S/C25H30FN3O4/c1-12-7-16(5-6-19(12)26)27-23(31)20-13(2)21(28(4)14(20)3)22(30)24(32)29-17-8-15-9-18(29)11-25(15,33)10-17/h5-7,15,17-18,22,30,33H,8-11H2,1-4H3,(H,27,31)/t15-,17+,18-,22?,25-. The zero-order chi connectivity index (χ0) is 23.8. The van der Waals surface area contributed by atoms with Crippen LogP contribution in [-0.2, 0) is 11.8 Å². The van der Waals surface area contributed by atoms with Gasteiger partial charge in [0.25, 0.3) is 11.8 Å². The molecule has 3 heterocycles. The van der Waals surface area contributed by atoms with Crippen molar-refractivity contribution in [1.29, 1.82) is 0 Å². The van der Waals surface area contributed by atoms with E-state index in [0.29, 0.717) is 46.6 Å². The van der Waals surface area contributed by atoms with Crippen LogP contribution in [0.4, 0.5) is 10.1 Å². The number of nitrogens with one attached hydrogen (secondary N) is 1. The van der Waals surface area contributed by atoms with Gasteiger partial charge in [-0.2, -0.15) is 0 Å². The van der Waals surface area contributed by atoms with Crippen LogP contribution in [0.2, 0.25) is 0 Å². The van der Waals surface area contributed by atoms with E-state index in [1.165, 1.54) is 12.1 Å². The Morgan fingerprint density at radius 2 is 1.82 bits per heavy atom. The number of carbonyl (C=O) groups excluding carboxylic acids is 2. The normalized spacial score (nSPS) is 28.5.